The molecule has 0 radical (unpaired) electrons. The Labute approximate surface area is 193 Å². The Hall–Kier alpha value is -3.50. The van der Waals surface area contributed by atoms with Crippen molar-refractivity contribution in [3.05, 3.63) is 94.6 Å². The minimum Gasteiger partial charge on any atom is -0.493 e. The second-order valence-electron chi connectivity index (χ2n) is 7.16. The summed E-state index contributed by atoms with van der Waals surface area (Å²) in [5, 5.41) is 1.74. The molecule has 1 heterocycles. The van der Waals surface area contributed by atoms with Gasteiger partial charge < -0.3 is 14.2 Å². The molecule has 3 aromatic carbocycles. The Morgan fingerprint density at radius 3 is 2.47 bits per heavy atom. The largest absolute Gasteiger partial charge is 0.493 e. The predicted molar refractivity (Wildman–Crippen MR) is 131 cm³/mol. The molecule has 0 spiro atoms. The van der Waals surface area contributed by atoms with E-state index in [1.165, 1.54) is 0 Å². The maximum atomic E-state index is 6.07. The molecule has 0 fully saturated rings. The fourth-order valence-corrected chi connectivity index (χ4v) is 3.46. The third kappa shape index (κ3) is 5.21. The van der Waals surface area contributed by atoms with Crippen LogP contribution in [0.5, 0.6) is 17.2 Å². The van der Waals surface area contributed by atoms with Crippen LogP contribution in [0.2, 0.25) is 5.02 Å². The zero-order chi connectivity index (χ0) is 22.3. The summed E-state index contributed by atoms with van der Waals surface area (Å²) in [6, 6.07) is 23.5. The van der Waals surface area contributed by atoms with Gasteiger partial charge >= 0.3 is 0 Å². The van der Waals surface area contributed by atoms with Crippen molar-refractivity contribution in [1.82, 2.24) is 4.98 Å². The van der Waals surface area contributed by atoms with Crippen LogP contribution in [0.3, 0.4) is 0 Å². The SMILES string of the molecule is CCOc1ccc(C=Cc2ccc3cccc(OCc4ccc(Cl)cc4)c3n2)cc1OC. The van der Waals surface area contributed by atoms with Gasteiger partial charge in [-0.3, -0.25) is 0 Å². The highest BCUT2D eigenvalue weighted by molar-refractivity contribution is 6.30. The monoisotopic (exact) mass is 445 g/mol. The zero-order valence-corrected chi connectivity index (χ0v) is 18.8. The minimum atomic E-state index is 0.448. The third-order valence-electron chi connectivity index (χ3n) is 4.95. The molecule has 0 saturated carbocycles. The van der Waals surface area contributed by atoms with E-state index in [1.54, 1.807) is 7.11 Å². The molecule has 162 valence electrons. The number of fused-ring (bicyclic) bond motifs is 1. The first-order valence-corrected chi connectivity index (χ1v) is 10.8. The van der Waals surface area contributed by atoms with Gasteiger partial charge in [-0.15, -0.1) is 0 Å². The summed E-state index contributed by atoms with van der Waals surface area (Å²) >= 11 is 5.97. The highest BCUT2D eigenvalue weighted by atomic mass is 35.5. The highest BCUT2D eigenvalue weighted by Crippen LogP contribution is 2.29. The topological polar surface area (TPSA) is 40.6 Å². The first-order chi connectivity index (χ1) is 15.7. The summed E-state index contributed by atoms with van der Waals surface area (Å²) in [4.78, 5) is 4.82. The van der Waals surface area contributed by atoms with E-state index in [9.17, 15) is 0 Å². The van der Waals surface area contributed by atoms with Crippen molar-refractivity contribution in [2.24, 2.45) is 0 Å². The summed E-state index contributed by atoms with van der Waals surface area (Å²) in [5.41, 5.74) is 3.71. The van der Waals surface area contributed by atoms with E-state index in [4.69, 9.17) is 30.8 Å². The van der Waals surface area contributed by atoms with Gasteiger partial charge in [0.1, 0.15) is 17.9 Å². The Morgan fingerprint density at radius 1 is 0.844 bits per heavy atom. The van der Waals surface area contributed by atoms with Crippen LogP contribution in [0.15, 0.2) is 72.8 Å². The standard InChI is InChI=1S/C27H24ClNO3/c1-3-31-24-16-10-19(17-26(24)30-2)9-14-23-15-11-21-5-4-6-25(27(21)29-23)32-18-20-7-12-22(28)13-8-20/h4-17H,3,18H2,1-2H3. The molecule has 0 aliphatic carbocycles. The van der Waals surface area contributed by atoms with Crippen LogP contribution in [-0.4, -0.2) is 18.7 Å². The van der Waals surface area contributed by atoms with Crippen LogP contribution >= 0.6 is 11.6 Å². The van der Waals surface area contributed by atoms with E-state index in [1.807, 2.05) is 85.8 Å². The maximum Gasteiger partial charge on any atom is 0.161 e. The molecule has 0 aliphatic heterocycles. The summed E-state index contributed by atoms with van der Waals surface area (Å²) in [6.07, 6.45) is 3.98. The van der Waals surface area contributed by atoms with E-state index in [2.05, 4.69) is 6.07 Å². The lowest BCUT2D eigenvalue weighted by molar-refractivity contribution is 0.309. The molecule has 0 N–H and O–H groups in total. The maximum absolute atomic E-state index is 6.07. The first kappa shape index (κ1) is 21.7. The zero-order valence-electron chi connectivity index (χ0n) is 18.0. The van der Waals surface area contributed by atoms with Gasteiger partial charge in [0.15, 0.2) is 11.5 Å². The average Bonchev–Trinajstić information content (AvgIpc) is 2.83. The Morgan fingerprint density at radius 2 is 1.69 bits per heavy atom. The molecular formula is C27H24ClNO3. The fraction of sp³-hybridized carbons (Fsp3) is 0.148. The number of pyridine rings is 1. The van der Waals surface area contributed by atoms with Crippen LogP contribution in [0.4, 0.5) is 0 Å². The molecule has 4 rings (SSSR count). The molecule has 0 bridgehead atoms. The highest BCUT2D eigenvalue weighted by Gasteiger charge is 2.06. The molecule has 0 amide bonds. The lowest BCUT2D eigenvalue weighted by Crippen LogP contribution is -1.97. The number of aromatic nitrogens is 1. The molecule has 4 aromatic rings. The Bertz CT molecular complexity index is 1240. The quantitative estimate of drug-likeness (QED) is 0.291. The van der Waals surface area contributed by atoms with Crippen molar-refractivity contribution in [2.75, 3.05) is 13.7 Å². The number of halogens is 1. The number of ether oxygens (including phenoxy) is 3. The van der Waals surface area contributed by atoms with Crippen molar-refractivity contribution in [3.8, 4) is 17.2 Å². The molecule has 1 aromatic heterocycles. The number of para-hydroxylation sites is 1. The molecular weight excluding hydrogens is 422 g/mol. The van der Waals surface area contributed by atoms with Gasteiger partial charge in [0.2, 0.25) is 0 Å². The van der Waals surface area contributed by atoms with Gasteiger partial charge in [-0.2, -0.15) is 0 Å². The van der Waals surface area contributed by atoms with Crippen LogP contribution in [0.1, 0.15) is 23.7 Å². The summed E-state index contributed by atoms with van der Waals surface area (Å²) in [7, 11) is 1.64. The van der Waals surface area contributed by atoms with E-state index in [0.29, 0.717) is 24.0 Å². The van der Waals surface area contributed by atoms with Crippen LogP contribution < -0.4 is 14.2 Å². The van der Waals surface area contributed by atoms with Crippen molar-refractivity contribution >= 4 is 34.7 Å². The number of benzene rings is 3. The van der Waals surface area contributed by atoms with Gasteiger partial charge in [-0.1, -0.05) is 54.1 Å². The van der Waals surface area contributed by atoms with Crippen LogP contribution in [-0.2, 0) is 6.61 Å². The number of rotatable bonds is 8. The van der Waals surface area contributed by atoms with E-state index in [-0.39, 0.29) is 0 Å². The normalized spacial score (nSPS) is 11.1. The molecule has 4 nitrogen and oxygen atoms in total. The van der Waals surface area contributed by atoms with Crippen molar-refractivity contribution in [3.63, 3.8) is 0 Å². The van der Waals surface area contributed by atoms with Crippen molar-refractivity contribution < 1.29 is 14.2 Å². The van der Waals surface area contributed by atoms with Gasteiger partial charge in [0.05, 0.1) is 19.4 Å². The lowest BCUT2D eigenvalue weighted by atomic mass is 10.1. The lowest BCUT2D eigenvalue weighted by Gasteiger charge is -2.10. The summed E-state index contributed by atoms with van der Waals surface area (Å²) in [6.45, 7) is 2.99. The fourth-order valence-electron chi connectivity index (χ4n) is 3.33. The van der Waals surface area contributed by atoms with Gasteiger partial charge in [0.25, 0.3) is 0 Å². The van der Waals surface area contributed by atoms with Crippen LogP contribution in [0.25, 0.3) is 23.1 Å². The second-order valence-corrected chi connectivity index (χ2v) is 7.59. The molecule has 0 unspecified atom stereocenters. The number of hydrogen-bond donors (Lipinski definition) is 0. The summed E-state index contributed by atoms with van der Waals surface area (Å²) in [5.74, 6) is 2.19. The number of hydrogen-bond acceptors (Lipinski definition) is 4. The third-order valence-corrected chi connectivity index (χ3v) is 5.20. The predicted octanol–water partition coefficient (Wildman–Crippen LogP) is 7.04. The molecule has 0 aliphatic rings. The summed E-state index contributed by atoms with van der Waals surface area (Å²) < 4.78 is 17.1. The smallest absolute Gasteiger partial charge is 0.161 e. The van der Waals surface area contributed by atoms with E-state index < -0.39 is 0 Å². The molecule has 0 atom stereocenters. The van der Waals surface area contributed by atoms with Crippen LogP contribution in [0, 0.1) is 0 Å². The van der Waals surface area contributed by atoms with Gasteiger partial charge in [-0.05, 0) is 60.5 Å². The number of methoxy groups -OCH3 is 1. The van der Waals surface area contributed by atoms with Gasteiger partial charge in [-0.25, -0.2) is 4.98 Å². The van der Waals surface area contributed by atoms with Crippen molar-refractivity contribution in [2.45, 2.75) is 13.5 Å². The van der Waals surface area contributed by atoms with E-state index >= 15 is 0 Å². The number of nitrogens with zero attached hydrogens (tertiary/aromatic N) is 1. The average molecular weight is 446 g/mol. The Kier molecular flexibility index (Phi) is 6.93. The molecule has 5 heteroatoms. The van der Waals surface area contributed by atoms with Gasteiger partial charge in [0, 0.05) is 10.4 Å². The molecule has 0 saturated heterocycles. The van der Waals surface area contributed by atoms with Crippen molar-refractivity contribution in [1.29, 1.82) is 0 Å². The second kappa shape index (κ2) is 10.2. The molecule has 32 heavy (non-hydrogen) atoms. The Balaban J connectivity index is 1.56. The first-order valence-electron chi connectivity index (χ1n) is 10.4. The van der Waals surface area contributed by atoms with E-state index in [0.717, 1.165) is 39.2 Å². The minimum absolute atomic E-state index is 0.448.